The van der Waals surface area contributed by atoms with Gasteiger partial charge < -0.3 is 0 Å². The molecular formula is C16H11F2N3O3S. The number of aromatic nitrogens is 1. The van der Waals surface area contributed by atoms with Crippen molar-refractivity contribution in [1.29, 1.82) is 0 Å². The highest BCUT2D eigenvalue weighted by Crippen LogP contribution is 2.14. The predicted molar refractivity (Wildman–Crippen MR) is 85.9 cm³/mol. The topological polar surface area (TPSA) is 88.2 Å². The second kappa shape index (κ2) is 6.54. The number of fused-ring (bicyclic) bond motifs is 1. The fourth-order valence-electron chi connectivity index (χ4n) is 2.11. The molecule has 0 radical (unpaired) electrons. The molecule has 0 bridgehead atoms. The number of carbonyl (C=O) groups excluding carboxylic acids is 1. The first-order valence-electron chi connectivity index (χ1n) is 6.99. The molecule has 0 aliphatic heterocycles. The first-order valence-corrected chi connectivity index (χ1v) is 8.47. The number of hydrogen-bond acceptors (Lipinski definition) is 4. The van der Waals surface area contributed by atoms with E-state index < -0.39 is 32.5 Å². The fraction of sp³-hybridized carbons (Fsp3) is 0. The first-order chi connectivity index (χ1) is 11.8. The molecule has 1 amide bonds. The van der Waals surface area contributed by atoms with E-state index in [1.807, 2.05) is 17.6 Å². The number of amides is 1. The molecule has 0 aliphatic rings. The number of pyridine rings is 1. The van der Waals surface area contributed by atoms with Crippen LogP contribution in [0, 0.1) is 11.6 Å². The summed E-state index contributed by atoms with van der Waals surface area (Å²) in [6.07, 6.45) is 0. The van der Waals surface area contributed by atoms with E-state index >= 15 is 0 Å². The average Bonchev–Trinajstić information content (AvgIpc) is 2.58. The van der Waals surface area contributed by atoms with E-state index in [1.54, 1.807) is 23.0 Å². The summed E-state index contributed by atoms with van der Waals surface area (Å²) >= 11 is 0. The predicted octanol–water partition coefficient (Wildman–Crippen LogP) is 2.14. The molecule has 2 N–H and O–H groups in total. The maximum absolute atomic E-state index is 13.1. The Labute approximate surface area is 141 Å². The number of carbonyl (C=O) groups is 1. The Morgan fingerprint density at radius 3 is 2.36 bits per heavy atom. The van der Waals surface area contributed by atoms with Crippen LogP contribution in [-0.4, -0.2) is 19.3 Å². The number of nitrogens with zero attached hydrogens (tertiary/aromatic N) is 1. The quantitative estimate of drug-likeness (QED) is 0.695. The van der Waals surface area contributed by atoms with Gasteiger partial charge in [-0.05, 0) is 24.3 Å². The Kier molecular flexibility index (Phi) is 4.43. The van der Waals surface area contributed by atoms with E-state index in [4.69, 9.17) is 0 Å². The molecule has 1 aromatic heterocycles. The van der Waals surface area contributed by atoms with Crippen molar-refractivity contribution in [2.75, 3.05) is 0 Å². The zero-order valence-electron chi connectivity index (χ0n) is 12.5. The Morgan fingerprint density at radius 1 is 0.960 bits per heavy atom. The van der Waals surface area contributed by atoms with Crippen LogP contribution in [0.5, 0.6) is 0 Å². The first kappa shape index (κ1) is 16.9. The summed E-state index contributed by atoms with van der Waals surface area (Å²) < 4.78 is 50.3. The summed E-state index contributed by atoms with van der Waals surface area (Å²) in [6.45, 7) is 0. The second-order valence-electron chi connectivity index (χ2n) is 5.05. The third kappa shape index (κ3) is 3.78. The lowest BCUT2D eigenvalue weighted by Crippen LogP contribution is -2.41. The third-order valence-corrected chi connectivity index (χ3v) is 4.50. The minimum Gasteiger partial charge on any atom is -0.272 e. The molecule has 0 saturated heterocycles. The number of halogens is 2. The van der Waals surface area contributed by atoms with Crippen molar-refractivity contribution >= 4 is 26.8 Å². The molecule has 0 saturated carbocycles. The number of hydrogen-bond donors (Lipinski definition) is 2. The van der Waals surface area contributed by atoms with Gasteiger partial charge in [-0.25, -0.2) is 22.2 Å². The summed E-state index contributed by atoms with van der Waals surface area (Å²) in [4.78, 5) is 17.3. The van der Waals surface area contributed by atoms with Gasteiger partial charge in [-0.15, -0.1) is 4.83 Å². The number of nitrogens with one attached hydrogen (secondary N) is 2. The van der Waals surface area contributed by atoms with Gasteiger partial charge in [-0.1, -0.05) is 24.3 Å². The van der Waals surface area contributed by atoms with Gasteiger partial charge in [0.25, 0.3) is 15.9 Å². The number of benzene rings is 2. The van der Waals surface area contributed by atoms with Gasteiger partial charge in [0.2, 0.25) is 0 Å². The van der Waals surface area contributed by atoms with Crippen molar-refractivity contribution in [1.82, 2.24) is 15.2 Å². The fourth-order valence-corrected chi connectivity index (χ4v) is 2.99. The van der Waals surface area contributed by atoms with E-state index in [9.17, 15) is 22.0 Å². The van der Waals surface area contributed by atoms with Gasteiger partial charge in [-0.2, -0.15) is 0 Å². The van der Waals surface area contributed by atoms with E-state index in [0.29, 0.717) is 23.7 Å². The smallest absolute Gasteiger partial charge is 0.272 e. The number of hydrazine groups is 1. The molecule has 0 atom stereocenters. The van der Waals surface area contributed by atoms with E-state index in [2.05, 4.69) is 4.98 Å². The summed E-state index contributed by atoms with van der Waals surface area (Å²) in [7, 11) is -4.34. The summed E-state index contributed by atoms with van der Waals surface area (Å²) in [6, 6.07) is 12.0. The highest BCUT2D eigenvalue weighted by molar-refractivity contribution is 7.89. The zero-order chi connectivity index (χ0) is 18.0. The van der Waals surface area contributed by atoms with Crippen molar-refractivity contribution in [2.24, 2.45) is 0 Å². The lowest BCUT2D eigenvalue weighted by molar-refractivity contribution is 0.0940. The molecule has 6 nitrogen and oxygen atoms in total. The van der Waals surface area contributed by atoms with Gasteiger partial charge in [-0.3, -0.25) is 10.2 Å². The lowest BCUT2D eigenvalue weighted by atomic mass is 10.2. The Bertz CT molecular complexity index is 1050. The molecule has 0 unspecified atom stereocenters. The molecule has 3 rings (SSSR count). The van der Waals surface area contributed by atoms with Crippen molar-refractivity contribution < 1.29 is 22.0 Å². The van der Waals surface area contributed by atoms with Crippen LogP contribution in [0.4, 0.5) is 8.78 Å². The minimum atomic E-state index is -4.34. The Hall–Kier alpha value is -2.91. The third-order valence-electron chi connectivity index (χ3n) is 3.28. The molecule has 25 heavy (non-hydrogen) atoms. The van der Waals surface area contributed by atoms with Crippen LogP contribution in [0.15, 0.2) is 59.5 Å². The Balaban J connectivity index is 1.78. The van der Waals surface area contributed by atoms with Crippen molar-refractivity contribution in [3.8, 4) is 0 Å². The second-order valence-corrected chi connectivity index (χ2v) is 6.74. The van der Waals surface area contributed by atoms with Crippen molar-refractivity contribution in [3.05, 3.63) is 71.9 Å². The van der Waals surface area contributed by atoms with Gasteiger partial charge >= 0.3 is 0 Å². The summed E-state index contributed by atoms with van der Waals surface area (Å²) in [5.41, 5.74) is 2.50. The molecule has 2 aromatic carbocycles. The minimum absolute atomic E-state index is 0.0215. The van der Waals surface area contributed by atoms with Crippen LogP contribution in [0.3, 0.4) is 0 Å². The summed E-state index contributed by atoms with van der Waals surface area (Å²) in [5.74, 6) is -2.92. The van der Waals surface area contributed by atoms with Crippen LogP contribution in [0.2, 0.25) is 0 Å². The van der Waals surface area contributed by atoms with Gasteiger partial charge in [0, 0.05) is 11.5 Å². The van der Waals surface area contributed by atoms with Crippen LogP contribution >= 0.6 is 0 Å². The highest BCUT2D eigenvalue weighted by atomic mass is 32.2. The van der Waals surface area contributed by atoms with Crippen LogP contribution in [-0.2, 0) is 10.0 Å². The number of para-hydroxylation sites is 1. The maximum Gasteiger partial charge on any atom is 0.284 e. The monoisotopic (exact) mass is 363 g/mol. The maximum atomic E-state index is 13.1. The molecule has 9 heteroatoms. The average molecular weight is 363 g/mol. The van der Waals surface area contributed by atoms with E-state index in [1.165, 1.54) is 6.07 Å². The normalized spacial score (nSPS) is 11.4. The van der Waals surface area contributed by atoms with Crippen LogP contribution in [0.1, 0.15) is 10.5 Å². The van der Waals surface area contributed by atoms with Gasteiger partial charge in [0.1, 0.15) is 17.3 Å². The number of rotatable bonds is 4. The van der Waals surface area contributed by atoms with E-state index in [-0.39, 0.29) is 5.69 Å². The Morgan fingerprint density at radius 2 is 1.64 bits per heavy atom. The standard InChI is InChI=1S/C16H11F2N3O3S/c17-11-7-12(18)9-13(8-11)25(23,24)21-20-16(22)15-6-5-10-3-1-2-4-14(10)19-15/h1-9,21H,(H,20,22). The molecule has 0 fully saturated rings. The highest BCUT2D eigenvalue weighted by Gasteiger charge is 2.18. The van der Waals surface area contributed by atoms with Crippen molar-refractivity contribution in [3.63, 3.8) is 0 Å². The molecular weight excluding hydrogens is 352 g/mol. The van der Waals surface area contributed by atoms with Gasteiger partial charge in [0.15, 0.2) is 0 Å². The van der Waals surface area contributed by atoms with Gasteiger partial charge in [0.05, 0.1) is 10.4 Å². The molecule has 0 spiro atoms. The largest absolute Gasteiger partial charge is 0.284 e. The molecule has 0 aliphatic carbocycles. The van der Waals surface area contributed by atoms with Crippen molar-refractivity contribution in [2.45, 2.75) is 4.90 Å². The summed E-state index contributed by atoms with van der Waals surface area (Å²) in [5, 5.41) is 0.815. The lowest BCUT2D eigenvalue weighted by Gasteiger charge is -2.09. The van der Waals surface area contributed by atoms with E-state index in [0.717, 1.165) is 5.39 Å². The molecule has 3 aromatic rings. The molecule has 1 heterocycles. The SMILES string of the molecule is O=C(NNS(=O)(=O)c1cc(F)cc(F)c1)c1ccc2ccccc2n1. The van der Waals surface area contributed by atoms with Crippen LogP contribution in [0.25, 0.3) is 10.9 Å². The molecule has 128 valence electrons. The number of sulfonamides is 1. The zero-order valence-corrected chi connectivity index (χ0v) is 13.3. The van der Waals surface area contributed by atoms with Crippen LogP contribution < -0.4 is 10.3 Å².